The number of hydrazone groups is 1. The van der Waals surface area contributed by atoms with Gasteiger partial charge in [0.2, 0.25) is 5.91 Å². The SMILES string of the molecule is CC(=O)n1cc(C=NNc2ccccc2)c2ccccc21. The maximum atomic E-state index is 11.7. The molecule has 0 bridgehead atoms. The predicted octanol–water partition coefficient (Wildman–Crippen LogP) is 3.75. The fourth-order valence-corrected chi connectivity index (χ4v) is 2.26. The summed E-state index contributed by atoms with van der Waals surface area (Å²) in [6, 6.07) is 17.5. The summed E-state index contributed by atoms with van der Waals surface area (Å²) in [4.78, 5) is 11.7. The van der Waals surface area contributed by atoms with Gasteiger partial charge in [-0.15, -0.1) is 0 Å². The Morgan fingerprint density at radius 3 is 2.57 bits per heavy atom. The van der Waals surface area contributed by atoms with Gasteiger partial charge in [-0.25, -0.2) is 0 Å². The quantitative estimate of drug-likeness (QED) is 0.585. The van der Waals surface area contributed by atoms with Crippen LogP contribution in [0.15, 0.2) is 65.9 Å². The van der Waals surface area contributed by atoms with Gasteiger partial charge in [0.1, 0.15) is 0 Å². The smallest absolute Gasteiger partial charge is 0.227 e. The zero-order valence-electron chi connectivity index (χ0n) is 11.7. The van der Waals surface area contributed by atoms with Crippen LogP contribution >= 0.6 is 0 Å². The molecule has 0 fully saturated rings. The Hall–Kier alpha value is -2.88. The lowest BCUT2D eigenvalue weighted by Crippen LogP contribution is -2.02. The number of rotatable bonds is 3. The Morgan fingerprint density at radius 2 is 1.81 bits per heavy atom. The highest BCUT2D eigenvalue weighted by Gasteiger charge is 2.08. The highest BCUT2D eigenvalue weighted by atomic mass is 16.1. The molecule has 0 spiro atoms. The minimum absolute atomic E-state index is 0.0122. The largest absolute Gasteiger partial charge is 0.287 e. The first kappa shape index (κ1) is 13.1. The van der Waals surface area contributed by atoms with E-state index in [9.17, 15) is 4.79 Å². The summed E-state index contributed by atoms with van der Waals surface area (Å²) in [6.45, 7) is 1.55. The van der Waals surface area contributed by atoms with E-state index in [1.165, 1.54) is 0 Å². The third-order valence-electron chi connectivity index (χ3n) is 3.25. The molecule has 0 saturated heterocycles. The van der Waals surface area contributed by atoms with Crippen molar-refractivity contribution < 1.29 is 4.79 Å². The van der Waals surface area contributed by atoms with E-state index >= 15 is 0 Å². The third kappa shape index (κ3) is 2.69. The Balaban J connectivity index is 1.92. The van der Waals surface area contributed by atoms with E-state index in [4.69, 9.17) is 0 Å². The van der Waals surface area contributed by atoms with Crippen LogP contribution < -0.4 is 5.43 Å². The monoisotopic (exact) mass is 277 g/mol. The summed E-state index contributed by atoms with van der Waals surface area (Å²) >= 11 is 0. The first-order chi connectivity index (χ1) is 10.3. The molecular formula is C17H15N3O. The Kier molecular flexibility index (Phi) is 3.51. The van der Waals surface area contributed by atoms with E-state index < -0.39 is 0 Å². The summed E-state index contributed by atoms with van der Waals surface area (Å²) in [7, 11) is 0. The van der Waals surface area contributed by atoms with Crippen LogP contribution in [0.3, 0.4) is 0 Å². The summed E-state index contributed by atoms with van der Waals surface area (Å²) < 4.78 is 1.64. The van der Waals surface area contributed by atoms with E-state index in [2.05, 4.69) is 10.5 Å². The number of benzene rings is 2. The number of fused-ring (bicyclic) bond motifs is 1. The van der Waals surface area contributed by atoms with E-state index in [-0.39, 0.29) is 5.91 Å². The molecule has 104 valence electrons. The zero-order chi connectivity index (χ0) is 14.7. The fourth-order valence-electron chi connectivity index (χ4n) is 2.26. The summed E-state index contributed by atoms with van der Waals surface area (Å²) in [5.41, 5.74) is 5.69. The maximum Gasteiger partial charge on any atom is 0.227 e. The van der Waals surface area contributed by atoms with Crippen molar-refractivity contribution >= 4 is 28.7 Å². The van der Waals surface area contributed by atoms with Gasteiger partial charge >= 0.3 is 0 Å². The van der Waals surface area contributed by atoms with Gasteiger partial charge in [0.15, 0.2) is 0 Å². The van der Waals surface area contributed by atoms with Crippen LogP contribution in [-0.2, 0) is 0 Å². The van der Waals surface area contributed by atoms with Crippen LogP contribution in [0, 0.1) is 0 Å². The molecule has 0 radical (unpaired) electrons. The van der Waals surface area contributed by atoms with Gasteiger partial charge in [0.25, 0.3) is 0 Å². The van der Waals surface area contributed by atoms with Crippen LogP contribution in [0.2, 0.25) is 0 Å². The lowest BCUT2D eigenvalue weighted by atomic mass is 10.2. The van der Waals surface area contributed by atoms with Gasteiger partial charge < -0.3 is 0 Å². The average Bonchev–Trinajstić information content (AvgIpc) is 2.88. The molecule has 3 aromatic rings. The van der Waals surface area contributed by atoms with Gasteiger partial charge in [0, 0.05) is 24.1 Å². The number of carbonyl (C=O) groups excluding carboxylic acids is 1. The Labute approximate surface area is 122 Å². The standard InChI is InChI=1S/C17H15N3O/c1-13(21)20-12-14(16-9-5-6-10-17(16)20)11-18-19-15-7-3-2-4-8-15/h2-12,19H,1H3. The molecule has 1 N–H and O–H groups in total. The van der Waals surface area contributed by atoms with Crippen molar-refractivity contribution in [1.29, 1.82) is 0 Å². The van der Waals surface area contributed by atoms with Crippen molar-refractivity contribution in [3.05, 3.63) is 66.4 Å². The lowest BCUT2D eigenvalue weighted by molar-refractivity contribution is 0.0941. The van der Waals surface area contributed by atoms with Crippen LogP contribution in [0.25, 0.3) is 10.9 Å². The number of hydrogen-bond acceptors (Lipinski definition) is 3. The molecule has 4 nitrogen and oxygen atoms in total. The number of nitrogens with one attached hydrogen (secondary N) is 1. The minimum atomic E-state index is -0.0122. The third-order valence-corrected chi connectivity index (χ3v) is 3.25. The van der Waals surface area contributed by atoms with Crippen LogP contribution in [-0.4, -0.2) is 16.7 Å². The molecule has 0 saturated carbocycles. The summed E-state index contributed by atoms with van der Waals surface area (Å²) in [6.07, 6.45) is 3.54. The fraction of sp³-hybridized carbons (Fsp3) is 0.0588. The highest BCUT2D eigenvalue weighted by Crippen LogP contribution is 2.20. The topological polar surface area (TPSA) is 46.4 Å². The van der Waals surface area contributed by atoms with Crippen LogP contribution in [0.1, 0.15) is 17.3 Å². The van der Waals surface area contributed by atoms with Gasteiger partial charge in [-0.2, -0.15) is 5.10 Å². The van der Waals surface area contributed by atoms with E-state index in [0.717, 1.165) is 22.2 Å². The molecule has 1 aromatic heterocycles. The summed E-state index contributed by atoms with van der Waals surface area (Å²) in [5.74, 6) is -0.0122. The van der Waals surface area contributed by atoms with Crippen molar-refractivity contribution in [2.75, 3.05) is 5.43 Å². The molecule has 0 atom stereocenters. The highest BCUT2D eigenvalue weighted by molar-refractivity contribution is 6.03. The summed E-state index contributed by atoms with van der Waals surface area (Å²) in [5, 5.41) is 5.24. The molecule has 0 aliphatic carbocycles. The molecule has 0 aliphatic heterocycles. The van der Waals surface area contributed by atoms with Gasteiger partial charge in [-0.1, -0.05) is 36.4 Å². The van der Waals surface area contributed by atoms with Gasteiger partial charge in [0.05, 0.1) is 17.4 Å². The first-order valence-electron chi connectivity index (χ1n) is 6.71. The Bertz CT molecular complexity index is 803. The van der Waals surface area contributed by atoms with E-state index in [1.807, 2.05) is 60.8 Å². The van der Waals surface area contributed by atoms with Gasteiger partial charge in [-0.3, -0.25) is 14.8 Å². The van der Waals surface area contributed by atoms with Crippen molar-refractivity contribution in [3.63, 3.8) is 0 Å². The van der Waals surface area contributed by atoms with E-state index in [0.29, 0.717) is 0 Å². The minimum Gasteiger partial charge on any atom is -0.287 e. The second-order valence-electron chi connectivity index (χ2n) is 4.73. The number of hydrogen-bond donors (Lipinski definition) is 1. The molecule has 0 aliphatic rings. The molecule has 0 unspecified atom stereocenters. The van der Waals surface area contributed by atoms with Crippen LogP contribution in [0.5, 0.6) is 0 Å². The van der Waals surface area contributed by atoms with E-state index in [1.54, 1.807) is 17.7 Å². The number of para-hydroxylation sites is 2. The zero-order valence-corrected chi connectivity index (χ0v) is 11.7. The number of carbonyl (C=O) groups is 1. The molecular weight excluding hydrogens is 262 g/mol. The van der Waals surface area contributed by atoms with Crippen molar-refractivity contribution in [1.82, 2.24) is 4.57 Å². The Morgan fingerprint density at radius 1 is 1.10 bits per heavy atom. The number of nitrogens with zero attached hydrogens (tertiary/aromatic N) is 2. The number of aromatic nitrogens is 1. The molecule has 4 heteroatoms. The molecule has 21 heavy (non-hydrogen) atoms. The normalized spacial score (nSPS) is 11.1. The second kappa shape index (κ2) is 5.63. The maximum absolute atomic E-state index is 11.7. The predicted molar refractivity (Wildman–Crippen MR) is 85.9 cm³/mol. The van der Waals surface area contributed by atoms with Crippen molar-refractivity contribution in [3.8, 4) is 0 Å². The van der Waals surface area contributed by atoms with Crippen LogP contribution in [0.4, 0.5) is 5.69 Å². The lowest BCUT2D eigenvalue weighted by Gasteiger charge is -1.97. The average molecular weight is 277 g/mol. The second-order valence-corrected chi connectivity index (χ2v) is 4.73. The van der Waals surface area contributed by atoms with Crippen molar-refractivity contribution in [2.24, 2.45) is 5.10 Å². The molecule has 3 rings (SSSR count). The first-order valence-corrected chi connectivity index (χ1v) is 6.71. The molecule has 1 heterocycles. The molecule has 0 amide bonds. The number of anilines is 1. The van der Waals surface area contributed by atoms with Gasteiger partial charge in [-0.05, 0) is 18.2 Å². The van der Waals surface area contributed by atoms with Crippen molar-refractivity contribution in [2.45, 2.75) is 6.92 Å². The molecule has 2 aromatic carbocycles.